The molecule has 0 aliphatic rings. The molecular weight excluding hydrogens is 583 g/mol. The fourth-order valence-corrected chi connectivity index (χ4v) is 6.92. The number of hydrogen-bond donors (Lipinski definition) is 0. The van der Waals surface area contributed by atoms with Gasteiger partial charge in [0.05, 0.1) is 0 Å². The van der Waals surface area contributed by atoms with Crippen molar-refractivity contribution in [3.63, 3.8) is 0 Å². The summed E-state index contributed by atoms with van der Waals surface area (Å²) in [6.07, 6.45) is 0. The molecule has 226 valence electrons. The lowest BCUT2D eigenvalue weighted by Crippen LogP contribution is -2.10. The normalized spacial score (nSPS) is 11.3. The van der Waals surface area contributed by atoms with Crippen LogP contribution in [0.2, 0.25) is 0 Å². The Morgan fingerprint density at radius 1 is 0.312 bits per heavy atom. The molecule has 0 fully saturated rings. The number of hydrogen-bond acceptors (Lipinski definition) is 2. The van der Waals surface area contributed by atoms with Gasteiger partial charge in [0.25, 0.3) is 0 Å². The Labute approximate surface area is 279 Å². The first-order chi connectivity index (χ1) is 23.8. The first-order valence-electron chi connectivity index (χ1n) is 16.3. The van der Waals surface area contributed by atoms with Crippen molar-refractivity contribution in [1.29, 1.82) is 0 Å². The Morgan fingerprint density at radius 2 is 0.854 bits per heavy atom. The molecule has 9 rings (SSSR count). The number of para-hydroxylation sites is 1. The summed E-state index contributed by atoms with van der Waals surface area (Å²) in [4.78, 5) is 2.33. The average Bonchev–Trinajstić information content (AvgIpc) is 3.53. The van der Waals surface area contributed by atoms with Crippen LogP contribution in [0, 0.1) is 0 Å². The summed E-state index contributed by atoms with van der Waals surface area (Å²) in [5.74, 6) is 0. The highest BCUT2D eigenvalue weighted by Crippen LogP contribution is 2.41. The highest BCUT2D eigenvalue weighted by molar-refractivity contribution is 6.06. The molecule has 0 radical (unpaired) electrons. The van der Waals surface area contributed by atoms with Gasteiger partial charge in [-0.1, -0.05) is 133 Å². The lowest BCUT2D eigenvalue weighted by Gasteiger charge is -2.26. The molecule has 1 heterocycles. The first kappa shape index (κ1) is 27.9. The summed E-state index contributed by atoms with van der Waals surface area (Å²) in [5.41, 5.74) is 12.1. The van der Waals surface area contributed by atoms with Crippen LogP contribution in [0.5, 0.6) is 0 Å². The van der Waals surface area contributed by atoms with Crippen LogP contribution in [0.3, 0.4) is 0 Å². The van der Waals surface area contributed by atoms with Gasteiger partial charge in [0, 0.05) is 33.9 Å². The first-order valence-corrected chi connectivity index (χ1v) is 16.3. The van der Waals surface area contributed by atoms with Crippen molar-refractivity contribution < 1.29 is 4.42 Å². The molecule has 8 aromatic carbocycles. The van der Waals surface area contributed by atoms with E-state index in [1.807, 2.05) is 12.1 Å². The van der Waals surface area contributed by atoms with Crippen molar-refractivity contribution in [2.24, 2.45) is 0 Å². The lowest BCUT2D eigenvalue weighted by molar-refractivity contribution is 0.669. The smallest absolute Gasteiger partial charge is 0.137 e. The van der Waals surface area contributed by atoms with E-state index in [1.54, 1.807) is 0 Å². The van der Waals surface area contributed by atoms with Crippen molar-refractivity contribution in [3.05, 3.63) is 188 Å². The van der Waals surface area contributed by atoms with E-state index in [4.69, 9.17) is 4.42 Å². The standard InChI is InChI=1S/C46H31NO/c1-2-12-32(13-3-1)35-17-9-20-38(29-35)47(40-26-27-44-43-23-6-7-25-45(43)48-46(44)31-40)39-21-10-18-36(30-39)34-16-8-19-37(28-34)42-24-11-15-33-14-4-5-22-41(33)42/h1-31H. The maximum absolute atomic E-state index is 6.36. The SMILES string of the molecule is c1ccc(-c2cccc(N(c3cccc(-c4cccc(-c5cccc6ccccc56)c4)c3)c3ccc4c(c3)oc3ccccc34)c2)cc1. The van der Waals surface area contributed by atoms with Crippen molar-refractivity contribution in [2.75, 3.05) is 4.90 Å². The van der Waals surface area contributed by atoms with Gasteiger partial charge in [-0.3, -0.25) is 0 Å². The second-order valence-electron chi connectivity index (χ2n) is 12.2. The molecule has 0 unspecified atom stereocenters. The van der Waals surface area contributed by atoms with E-state index in [0.29, 0.717) is 0 Å². The molecular formula is C46H31NO. The van der Waals surface area contributed by atoms with Crippen LogP contribution < -0.4 is 4.90 Å². The molecule has 48 heavy (non-hydrogen) atoms. The van der Waals surface area contributed by atoms with E-state index in [0.717, 1.165) is 44.6 Å². The van der Waals surface area contributed by atoms with Gasteiger partial charge in [0.2, 0.25) is 0 Å². The molecule has 2 heteroatoms. The summed E-state index contributed by atoms with van der Waals surface area (Å²) in [6, 6.07) is 67.0. The molecule has 0 aliphatic heterocycles. The van der Waals surface area contributed by atoms with Crippen LogP contribution in [0.15, 0.2) is 192 Å². The fraction of sp³-hybridized carbons (Fsp3) is 0. The van der Waals surface area contributed by atoms with Gasteiger partial charge in [0.1, 0.15) is 11.2 Å². The van der Waals surface area contributed by atoms with Crippen molar-refractivity contribution in [1.82, 2.24) is 0 Å². The molecule has 0 saturated heterocycles. The molecule has 0 N–H and O–H groups in total. The summed E-state index contributed by atoms with van der Waals surface area (Å²) in [6.45, 7) is 0. The van der Waals surface area contributed by atoms with Gasteiger partial charge in [0.15, 0.2) is 0 Å². The maximum Gasteiger partial charge on any atom is 0.137 e. The molecule has 0 spiro atoms. The van der Waals surface area contributed by atoms with Crippen molar-refractivity contribution in [2.45, 2.75) is 0 Å². The van der Waals surface area contributed by atoms with E-state index >= 15 is 0 Å². The number of benzene rings is 8. The maximum atomic E-state index is 6.36. The second-order valence-corrected chi connectivity index (χ2v) is 12.2. The van der Waals surface area contributed by atoms with Gasteiger partial charge in [-0.05, 0) is 92.7 Å². The third-order valence-electron chi connectivity index (χ3n) is 9.23. The molecule has 1 aromatic heterocycles. The number of rotatable bonds is 6. The largest absolute Gasteiger partial charge is 0.456 e. The predicted molar refractivity (Wildman–Crippen MR) is 202 cm³/mol. The number of nitrogens with zero attached hydrogens (tertiary/aromatic N) is 1. The Hall–Kier alpha value is -6.38. The predicted octanol–water partition coefficient (Wildman–Crippen LogP) is 13.2. The third-order valence-corrected chi connectivity index (χ3v) is 9.23. The van der Waals surface area contributed by atoms with Crippen molar-refractivity contribution >= 4 is 49.8 Å². The minimum Gasteiger partial charge on any atom is -0.456 e. The van der Waals surface area contributed by atoms with Gasteiger partial charge in [-0.2, -0.15) is 0 Å². The van der Waals surface area contributed by atoms with Crippen LogP contribution in [0.1, 0.15) is 0 Å². The second kappa shape index (κ2) is 11.8. The third kappa shape index (κ3) is 5.01. The summed E-state index contributed by atoms with van der Waals surface area (Å²) < 4.78 is 6.36. The van der Waals surface area contributed by atoms with Crippen LogP contribution >= 0.6 is 0 Å². The van der Waals surface area contributed by atoms with Gasteiger partial charge < -0.3 is 9.32 Å². The molecule has 0 bridgehead atoms. The molecule has 0 atom stereocenters. The zero-order valence-electron chi connectivity index (χ0n) is 26.3. The Morgan fingerprint density at radius 3 is 1.67 bits per heavy atom. The Balaban J connectivity index is 1.18. The monoisotopic (exact) mass is 613 g/mol. The summed E-state index contributed by atoms with van der Waals surface area (Å²) in [7, 11) is 0. The molecule has 2 nitrogen and oxygen atoms in total. The van der Waals surface area contributed by atoms with Gasteiger partial charge in [-0.15, -0.1) is 0 Å². The van der Waals surface area contributed by atoms with E-state index in [-0.39, 0.29) is 0 Å². The minimum atomic E-state index is 0.872. The quantitative estimate of drug-likeness (QED) is 0.185. The van der Waals surface area contributed by atoms with Crippen LogP contribution in [-0.2, 0) is 0 Å². The highest BCUT2D eigenvalue weighted by atomic mass is 16.3. The minimum absolute atomic E-state index is 0.872. The van der Waals surface area contributed by atoms with E-state index in [1.165, 1.54) is 38.6 Å². The zero-order chi connectivity index (χ0) is 31.9. The Bertz CT molecular complexity index is 2570. The number of anilines is 3. The van der Waals surface area contributed by atoms with Crippen LogP contribution in [0.4, 0.5) is 17.1 Å². The van der Waals surface area contributed by atoms with Gasteiger partial charge in [-0.25, -0.2) is 0 Å². The molecule has 0 aliphatic carbocycles. The summed E-state index contributed by atoms with van der Waals surface area (Å²) in [5, 5.41) is 4.75. The fourth-order valence-electron chi connectivity index (χ4n) is 6.92. The zero-order valence-corrected chi connectivity index (χ0v) is 26.3. The van der Waals surface area contributed by atoms with E-state index in [2.05, 4.69) is 181 Å². The Kier molecular flexibility index (Phi) is 6.84. The lowest BCUT2D eigenvalue weighted by atomic mass is 9.95. The topological polar surface area (TPSA) is 16.4 Å². The summed E-state index contributed by atoms with van der Waals surface area (Å²) >= 11 is 0. The van der Waals surface area contributed by atoms with Crippen LogP contribution in [-0.4, -0.2) is 0 Å². The number of furan rings is 1. The highest BCUT2D eigenvalue weighted by Gasteiger charge is 2.17. The average molecular weight is 614 g/mol. The number of fused-ring (bicyclic) bond motifs is 4. The van der Waals surface area contributed by atoms with Crippen molar-refractivity contribution in [3.8, 4) is 33.4 Å². The molecule has 0 amide bonds. The van der Waals surface area contributed by atoms with Gasteiger partial charge >= 0.3 is 0 Å². The molecule has 9 aromatic rings. The molecule has 0 saturated carbocycles. The van der Waals surface area contributed by atoms with Crippen LogP contribution in [0.25, 0.3) is 66.1 Å². The van der Waals surface area contributed by atoms with E-state index < -0.39 is 0 Å². The van der Waals surface area contributed by atoms with E-state index in [9.17, 15) is 0 Å².